The van der Waals surface area contributed by atoms with Gasteiger partial charge < -0.3 is 14.5 Å². The smallest absolute Gasteiger partial charge is 0.360 e. The number of carbonyl (C=O) groups excluding carboxylic acids is 1. The van der Waals surface area contributed by atoms with Crippen LogP contribution in [0.2, 0.25) is 0 Å². The molecule has 1 amide bonds. The summed E-state index contributed by atoms with van der Waals surface area (Å²) in [6.07, 6.45) is -1.63. The Kier molecular flexibility index (Phi) is 6.03. The summed E-state index contributed by atoms with van der Waals surface area (Å²) in [6, 6.07) is 12.4. The van der Waals surface area contributed by atoms with Crippen LogP contribution >= 0.6 is 0 Å². The molecule has 3 heterocycles. The van der Waals surface area contributed by atoms with Gasteiger partial charge in [-0.15, -0.1) is 0 Å². The molecule has 1 atom stereocenters. The van der Waals surface area contributed by atoms with Crippen molar-refractivity contribution in [2.75, 3.05) is 31.1 Å². The van der Waals surface area contributed by atoms with E-state index >= 15 is 0 Å². The SMILES string of the molecule is CC1OC2(CCN(CCc3ccnc(C(F)(F)F)c3)CC2)CN(c2ccccc2)C1=O. The molecule has 2 fully saturated rings. The van der Waals surface area contributed by atoms with Crippen LogP contribution in [0, 0.1) is 0 Å². The Labute approximate surface area is 179 Å². The van der Waals surface area contributed by atoms with Crippen LogP contribution in [0.4, 0.5) is 18.9 Å². The van der Waals surface area contributed by atoms with Gasteiger partial charge in [-0.25, -0.2) is 0 Å². The Morgan fingerprint density at radius 1 is 1.16 bits per heavy atom. The minimum absolute atomic E-state index is 0.0302. The highest BCUT2D eigenvalue weighted by Crippen LogP contribution is 2.35. The molecule has 2 saturated heterocycles. The standard InChI is InChI=1S/C23H26F3N3O2/c1-17-21(30)29(19-5-3-2-4-6-19)16-22(31-17)9-13-28(14-10-22)12-8-18-7-11-27-20(15-18)23(24,25)26/h2-7,11,15,17H,8-10,12-14,16H2,1H3. The molecule has 2 aliphatic heterocycles. The van der Waals surface area contributed by atoms with E-state index in [2.05, 4.69) is 9.88 Å². The van der Waals surface area contributed by atoms with Crippen LogP contribution < -0.4 is 4.90 Å². The molecule has 31 heavy (non-hydrogen) atoms. The molecule has 0 radical (unpaired) electrons. The number of ether oxygens (including phenoxy) is 1. The zero-order valence-electron chi connectivity index (χ0n) is 17.4. The monoisotopic (exact) mass is 433 g/mol. The van der Waals surface area contributed by atoms with Crippen LogP contribution in [0.25, 0.3) is 0 Å². The zero-order valence-corrected chi connectivity index (χ0v) is 17.4. The van der Waals surface area contributed by atoms with Gasteiger partial charge in [-0.3, -0.25) is 9.78 Å². The number of benzene rings is 1. The molecule has 0 bridgehead atoms. The third kappa shape index (κ3) is 4.91. The third-order valence-electron chi connectivity index (χ3n) is 6.15. The van der Waals surface area contributed by atoms with Crippen LogP contribution in [0.5, 0.6) is 0 Å². The van der Waals surface area contributed by atoms with Crippen molar-refractivity contribution < 1.29 is 22.7 Å². The minimum atomic E-state index is -4.43. The fraction of sp³-hybridized carbons (Fsp3) is 0.478. The van der Waals surface area contributed by atoms with E-state index in [0.717, 1.165) is 37.7 Å². The first-order valence-corrected chi connectivity index (χ1v) is 10.5. The van der Waals surface area contributed by atoms with Gasteiger partial charge in [-0.1, -0.05) is 18.2 Å². The lowest BCUT2D eigenvalue weighted by atomic mass is 9.88. The zero-order chi connectivity index (χ0) is 22.1. The highest BCUT2D eigenvalue weighted by Gasteiger charge is 2.45. The topological polar surface area (TPSA) is 45.7 Å². The summed E-state index contributed by atoms with van der Waals surface area (Å²) >= 11 is 0. The number of nitrogens with zero attached hydrogens (tertiary/aromatic N) is 3. The molecule has 4 rings (SSSR count). The predicted molar refractivity (Wildman–Crippen MR) is 111 cm³/mol. The minimum Gasteiger partial charge on any atom is -0.360 e. The number of rotatable bonds is 4. The largest absolute Gasteiger partial charge is 0.433 e. The number of anilines is 1. The highest BCUT2D eigenvalue weighted by atomic mass is 19.4. The molecular weight excluding hydrogens is 407 g/mol. The molecule has 0 saturated carbocycles. The van der Waals surface area contributed by atoms with Crippen molar-refractivity contribution in [3.63, 3.8) is 0 Å². The molecule has 2 aromatic rings. The normalized spacial score (nSPS) is 22.1. The maximum atomic E-state index is 12.9. The summed E-state index contributed by atoms with van der Waals surface area (Å²) in [5.74, 6) is -0.0302. The van der Waals surface area contributed by atoms with Crippen molar-refractivity contribution in [1.29, 1.82) is 0 Å². The molecule has 0 N–H and O–H groups in total. The maximum absolute atomic E-state index is 12.9. The molecule has 166 valence electrons. The van der Waals surface area contributed by atoms with E-state index in [9.17, 15) is 18.0 Å². The first-order chi connectivity index (χ1) is 14.8. The van der Waals surface area contributed by atoms with Gasteiger partial charge in [0.05, 0.1) is 12.1 Å². The number of amides is 1. The van der Waals surface area contributed by atoms with E-state index in [4.69, 9.17) is 4.74 Å². The van der Waals surface area contributed by atoms with Crippen LogP contribution in [-0.2, 0) is 22.1 Å². The van der Waals surface area contributed by atoms with E-state index in [0.29, 0.717) is 25.1 Å². The van der Waals surface area contributed by atoms with Gasteiger partial charge >= 0.3 is 6.18 Å². The molecule has 2 aliphatic rings. The van der Waals surface area contributed by atoms with Crippen LogP contribution in [0.1, 0.15) is 31.0 Å². The van der Waals surface area contributed by atoms with Gasteiger partial charge in [-0.2, -0.15) is 13.2 Å². The van der Waals surface area contributed by atoms with Gasteiger partial charge in [0.2, 0.25) is 0 Å². The molecule has 1 spiro atoms. The predicted octanol–water partition coefficient (Wildman–Crippen LogP) is 3.93. The van der Waals surface area contributed by atoms with Gasteiger partial charge in [0, 0.05) is 31.5 Å². The van der Waals surface area contributed by atoms with Crippen molar-refractivity contribution in [3.8, 4) is 0 Å². The molecule has 1 aromatic carbocycles. The number of pyridine rings is 1. The van der Waals surface area contributed by atoms with Crippen molar-refractivity contribution in [1.82, 2.24) is 9.88 Å². The van der Waals surface area contributed by atoms with Gasteiger partial charge in [-0.05, 0) is 56.0 Å². The number of para-hydroxylation sites is 1. The second-order valence-corrected chi connectivity index (χ2v) is 8.34. The fourth-order valence-corrected chi connectivity index (χ4v) is 4.41. The number of likely N-dealkylation sites (tertiary alicyclic amines) is 1. The number of aromatic nitrogens is 1. The number of carbonyl (C=O) groups is 1. The number of halogens is 3. The van der Waals surface area contributed by atoms with E-state index in [1.807, 2.05) is 35.2 Å². The number of piperidine rings is 1. The van der Waals surface area contributed by atoms with Crippen molar-refractivity contribution in [2.45, 2.75) is 44.1 Å². The van der Waals surface area contributed by atoms with Gasteiger partial charge in [0.15, 0.2) is 0 Å². The van der Waals surface area contributed by atoms with E-state index in [1.165, 1.54) is 6.20 Å². The summed E-state index contributed by atoms with van der Waals surface area (Å²) in [7, 11) is 0. The molecular formula is C23H26F3N3O2. The second kappa shape index (κ2) is 8.59. The Morgan fingerprint density at radius 3 is 2.55 bits per heavy atom. The van der Waals surface area contributed by atoms with E-state index in [1.54, 1.807) is 13.0 Å². The Bertz CT molecular complexity index is 912. The van der Waals surface area contributed by atoms with Crippen LogP contribution in [0.15, 0.2) is 48.7 Å². The van der Waals surface area contributed by atoms with Crippen LogP contribution in [-0.4, -0.2) is 53.7 Å². The summed E-state index contributed by atoms with van der Waals surface area (Å²) in [5, 5.41) is 0. The first-order valence-electron chi connectivity index (χ1n) is 10.5. The van der Waals surface area contributed by atoms with Gasteiger partial charge in [0.25, 0.3) is 5.91 Å². The average molecular weight is 433 g/mol. The fourth-order valence-electron chi connectivity index (χ4n) is 4.41. The van der Waals surface area contributed by atoms with Crippen molar-refractivity contribution >= 4 is 11.6 Å². The highest BCUT2D eigenvalue weighted by molar-refractivity contribution is 5.97. The molecule has 1 aromatic heterocycles. The quantitative estimate of drug-likeness (QED) is 0.733. The lowest BCUT2D eigenvalue weighted by molar-refractivity contribution is -0.161. The number of alkyl halides is 3. The molecule has 1 unspecified atom stereocenters. The Balaban J connectivity index is 1.36. The average Bonchev–Trinajstić information content (AvgIpc) is 2.76. The Hall–Kier alpha value is -2.45. The Morgan fingerprint density at radius 2 is 1.87 bits per heavy atom. The lowest BCUT2D eigenvalue weighted by Gasteiger charge is -2.49. The first kappa shape index (κ1) is 21.8. The van der Waals surface area contributed by atoms with Gasteiger partial charge in [0.1, 0.15) is 11.8 Å². The molecule has 5 nitrogen and oxygen atoms in total. The number of hydrogen-bond donors (Lipinski definition) is 0. The molecule has 8 heteroatoms. The van der Waals surface area contributed by atoms with E-state index in [-0.39, 0.29) is 11.5 Å². The summed E-state index contributed by atoms with van der Waals surface area (Å²) in [5.41, 5.74) is 0.270. The van der Waals surface area contributed by atoms with Crippen LogP contribution in [0.3, 0.4) is 0 Å². The summed E-state index contributed by atoms with van der Waals surface area (Å²) < 4.78 is 44.8. The summed E-state index contributed by atoms with van der Waals surface area (Å²) in [6.45, 7) is 4.55. The maximum Gasteiger partial charge on any atom is 0.433 e. The lowest BCUT2D eigenvalue weighted by Crippen LogP contribution is -2.61. The molecule has 0 aliphatic carbocycles. The number of morpholine rings is 1. The third-order valence-corrected chi connectivity index (χ3v) is 6.15. The number of hydrogen-bond acceptors (Lipinski definition) is 4. The second-order valence-electron chi connectivity index (χ2n) is 8.34. The van der Waals surface area contributed by atoms with E-state index < -0.39 is 18.0 Å². The van der Waals surface area contributed by atoms with Crippen molar-refractivity contribution in [2.24, 2.45) is 0 Å². The van der Waals surface area contributed by atoms with Crippen molar-refractivity contribution in [3.05, 3.63) is 59.9 Å². The summed E-state index contributed by atoms with van der Waals surface area (Å²) in [4.78, 5) is 20.2.